The van der Waals surface area contributed by atoms with Crippen molar-refractivity contribution in [3.05, 3.63) is 39.6 Å². The number of thiophene rings is 1. The van der Waals surface area contributed by atoms with Crippen LogP contribution in [0.25, 0.3) is 0 Å². The van der Waals surface area contributed by atoms with Gasteiger partial charge in [0, 0.05) is 37.9 Å². The van der Waals surface area contributed by atoms with Gasteiger partial charge in [0.05, 0.1) is 21.8 Å². The maximum Gasteiger partial charge on any atom is 0.264 e. The molecule has 3 fully saturated rings. The molecule has 138 valence electrons. The number of amides is 1. The Balaban J connectivity index is 1.50. The van der Waals surface area contributed by atoms with Crippen LogP contribution in [-0.4, -0.2) is 57.1 Å². The van der Waals surface area contributed by atoms with Gasteiger partial charge in [0.15, 0.2) is 5.78 Å². The van der Waals surface area contributed by atoms with Crippen LogP contribution in [0.1, 0.15) is 50.5 Å². The Hall–Kier alpha value is -1.99. The average molecular weight is 372 g/mol. The maximum absolute atomic E-state index is 13.0. The van der Waals surface area contributed by atoms with Crippen molar-refractivity contribution >= 4 is 23.0 Å². The number of nitrogens with zero attached hydrogens (tertiary/aromatic N) is 3. The molecule has 0 radical (unpaired) electrons. The smallest absolute Gasteiger partial charge is 0.264 e. The Kier molecular flexibility index (Phi) is 4.67. The molecule has 0 aromatic carbocycles. The number of aromatic nitrogens is 2. The largest absolute Gasteiger partial charge is 0.348 e. The second-order valence-electron chi connectivity index (χ2n) is 7.44. The molecule has 5 heterocycles. The highest BCUT2D eigenvalue weighted by Gasteiger charge is 2.38. The first-order chi connectivity index (χ1) is 12.5. The van der Waals surface area contributed by atoms with Crippen molar-refractivity contribution in [3.63, 3.8) is 0 Å². The first kappa shape index (κ1) is 17.4. The highest BCUT2D eigenvalue weighted by Crippen LogP contribution is 2.31. The molecule has 0 spiro atoms. The lowest BCUT2D eigenvalue weighted by molar-refractivity contribution is 0.0590. The second kappa shape index (κ2) is 6.96. The molecule has 3 saturated heterocycles. The molecule has 2 aromatic rings. The summed E-state index contributed by atoms with van der Waals surface area (Å²) in [6, 6.07) is 3.80. The van der Waals surface area contributed by atoms with Crippen LogP contribution < -0.4 is 0 Å². The SMILES string of the molecule is CC(=O)c1ccc(C(=O)N2CC3CCC2CN(Cc2nc[nH]c2C)C3)s1. The van der Waals surface area contributed by atoms with Crippen LogP contribution in [0.3, 0.4) is 0 Å². The molecule has 5 rings (SSSR count). The zero-order valence-electron chi connectivity index (χ0n) is 15.2. The Morgan fingerprint density at radius 2 is 2.04 bits per heavy atom. The molecule has 1 amide bonds. The van der Waals surface area contributed by atoms with Gasteiger partial charge in [-0.3, -0.25) is 14.5 Å². The third-order valence-corrected chi connectivity index (χ3v) is 6.70. The molecule has 2 unspecified atom stereocenters. The van der Waals surface area contributed by atoms with Crippen LogP contribution in [0.2, 0.25) is 0 Å². The van der Waals surface area contributed by atoms with Gasteiger partial charge in [0.1, 0.15) is 0 Å². The molecular formula is C19H24N4O2S. The van der Waals surface area contributed by atoms with Gasteiger partial charge >= 0.3 is 0 Å². The minimum absolute atomic E-state index is 0.0204. The molecule has 26 heavy (non-hydrogen) atoms. The number of H-pyrrole nitrogens is 1. The number of aromatic amines is 1. The Bertz CT molecular complexity index is 827. The van der Waals surface area contributed by atoms with Crippen LogP contribution in [0.4, 0.5) is 0 Å². The van der Waals surface area contributed by atoms with Crippen molar-refractivity contribution in [2.75, 3.05) is 19.6 Å². The van der Waals surface area contributed by atoms with Crippen LogP contribution in [0, 0.1) is 12.8 Å². The van der Waals surface area contributed by atoms with E-state index in [1.807, 2.05) is 11.8 Å². The van der Waals surface area contributed by atoms with E-state index in [0.29, 0.717) is 15.7 Å². The molecule has 6 nitrogen and oxygen atoms in total. The molecule has 0 aliphatic carbocycles. The summed E-state index contributed by atoms with van der Waals surface area (Å²) in [5.41, 5.74) is 2.21. The zero-order valence-corrected chi connectivity index (χ0v) is 16.0. The standard InChI is InChI=1S/C19H24N4O2S/c1-12-16(21-11-20-12)10-22-7-14-3-4-15(9-22)23(8-14)19(25)18-6-5-17(26-18)13(2)24/h5-6,11,14-15H,3-4,7-10H2,1-2H3,(H,20,21). The number of piperidine rings is 1. The number of hydrogen-bond donors (Lipinski definition) is 1. The van der Waals surface area contributed by atoms with Crippen LogP contribution in [-0.2, 0) is 6.54 Å². The molecule has 3 aliphatic heterocycles. The number of ketones is 1. The topological polar surface area (TPSA) is 69.3 Å². The Morgan fingerprint density at radius 1 is 1.23 bits per heavy atom. The zero-order chi connectivity index (χ0) is 18.3. The monoisotopic (exact) mass is 372 g/mol. The molecule has 7 heteroatoms. The van der Waals surface area contributed by atoms with E-state index >= 15 is 0 Å². The molecule has 2 bridgehead atoms. The number of carbonyl (C=O) groups excluding carboxylic acids is 2. The van der Waals surface area contributed by atoms with E-state index in [0.717, 1.165) is 44.0 Å². The number of carbonyl (C=O) groups is 2. The number of Topliss-reactive ketones (excluding diaryl/α,β-unsaturated/α-hetero) is 1. The molecular weight excluding hydrogens is 348 g/mol. The summed E-state index contributed by atoms with van der Waals surface area (Å²) in [6.45, 7) is 7.14. The van der Waals surface area contributed by atoms with Crippen LogP contribution in [0.15, 0.2) is 18.5 Å². The Morgan fingerprint density at radius 3 is 2.73 bits per heavy atom. The molecule has 0 saturated carbocycles. The maximum atomic E-state index is 13.0. The van der Waals surface area contributed by atoms with E-state index in [1.54, 1.807) is 25.4 Å². The Labute approximate surface area is 157 Å². The van der Waals surface area contributed by atoms with Crippen molar-refractivity contribution in [2.24, 2.45) is 5.92 Å². The number of imidazole rings is 1. The summed E-state index contributed by atoms with van der Waals surface area (Å²) in [5.74, 6) is 0.603. The van der Waals surface area contributed by atoms with Crippen molar-refractivity contribution in [3.8, 4) is 0 Å². The fourth-order valence-corrected chi connectivity index (χ4v) is 4.96. The minimum Gasteiger partial charge on any atom is -0.348 e. The van der Waals surface area contributed by atoms with Gasteiger partial charge in [0.25, 0.3) is 5.91 Å². The van der Waals surface area contributed by atoms with E-state index in [4.69, 9.17) is 0 Å². The normalized spacial score (nSPS) is 23.2. The van der Waals surface area contributed by atoms with E-state index in [9.17, 15) is 9.59 Å². The lowest BCUT2D eigenvalue weighted by atomic mass is 9.95. The second-order valence-corrected chi connectivity index (χ2v) is 8.53. The summed E-state index contributed by atoms with van der Waals surface area (Å²) < 4.78 is 0. The number of hydrogen-bond acceptors (Lipinski definition) is 5. The number of rotatable bonds is 4. The van der Waals surface area contributed by atoms with Crippen molar-refractivity contribution in [2.45, 2.75) is 39.3 Å². The van der Waals surface area contributed by atoms with Gasteiger partial charge in [-0.2, -0.15) is 0 Å². The van der Waals surface area contributed by atoms with E-state index < -0.39 is 0 Å². The van der Waals surface area contributed by atoms with E-state index in [1.165, 1.54) is 17.8 Å². The van der Waals surface area contributed by atoms with Gasteiger partial charge in [0.2, 0.25) is 0 Å². The van der Waals surface area contributed by atoms with Gasteiger partial charge in [-0.25, -0.2) is 4.98 Å². The first-order valence-corrected chi connectivity index (χ1v) is 9.96. The highest BCUT2D eigenvalue weighted by molar-refractivity contribution is 7.15. The van der Waals surface area contributed by atoms with Gasteiger partial charge in [-0.15, -0.1) is 11.3 Å². The lowest BCUT2D eigenvalue weighted by Gasteiger charge is -2.36. The number of fused-ring (bicyclic) bond motifs is 4. The summed E-state index contributed by atoms with van der Waals surface area (Å²) >= 11 is 1.31. The third-order valence-electron chi connectivity index (χ3n) is 5.52. The first-order valence-electron chi connectivity index (χ1n) is 9.14. The molecule has 1 N–H and O–H groups in total. The molecule has 3 aliphatic rings. The van der Waals surface area contributed by atoms with E-state index in [2.05, 4.69) is 14.9 Å². The summed E-state index contributed by atoms with van der Waals surface area (Å²) in [6.07, 6.45) is 3.97. The quantitative estimate of drug-likeness (QED) is 0.838. The van der Waals surface area contributed by atoms with Crippen molar-refractivity contribution in [1.82, 2.24) is 19.8 Å². The summed E-state index contributed by atoms with van der Waals surface area (Å²) in [4.78, 5) is 38.0. The number of nitrogens with one attached hydrogen (secondary N) is 1. The van der Waals surface area contributed by atoms with Crippen LogP contribution in [0.5, 0.6) is 0 Å². The average Bonchev–Trinajstić information content (AvgIpc) is 3.16. The molecule has 2 aromatic heterocycles. The van der Waals surface area contributed by atoms with Crippen LogP contribution >= 0.6 is 11.3 Å². The minimum atomic E-state index is 0.0204. The summed E-state index contributed by atoms with van der Waals surface area (Å²) in [7, 11) is 0. The van der Waals surface area contributed by atoms with E-state index in [-0.39, 0.29) is 17.7 Å². The predicted molar refractivity (Wildman–Crippen MR) is 100 cm³/mol. The predicted octanol–water partition coefficient (Wildman–Crippen LogP) is 2.72. The summed E-state index contributed by atoms with van der Waals surface area (Å²) in [5, 5.41) is 0. The molecule has 2 atom stereocenters. The number of aryl methyl sites for hydroxylation is 1. The van der Waals surface area contributed by atoms with Gasteiger partial charge in [-0.05, 0) is 44.7 Å². The van der Waals surface area contributed by atoms with Crippen molar-refractivity contribution < 1.29 is 9.59 Å². The lowest BCUT2D eigenvalue weighted by Crippen LogP contribution is -2.47. The fraction of sp³-hybridized carbons (Fsp3) is 0.526. The van der Waals surface area contributed by atoms with Gasteiger partial charge in [-0.1, -0.05) is 0 Å². The highest BCUT2D eigenvalue weighted by atomic mass is 32.1. The third kappa shape index (κ3) is 3.33. The van der Waals surface area contributed by atoms with Gasteiger partial charge < -0.3 is 9.88 Å². The van der Waals surface area contributed by atoms with Crippen molar-refractivity contribution in [1.29, 1.82) is 0 Å². The fourth-order valence-electron chi connectivity index (χ4n) is 4.10.